The molecule has 0 unspecified atom stereocenters. The Balaban J connectivity index is 2.03. The molecule has 20 heavy (non-hydrogen) atoms. The van der Waals surface area contributed by atoms with Crippen LogP contribution in [-0.2, 0) is 6.61 Å². The molecule has 0 N–H and O–H groups in total. The number of rotatable bonds is 5. The zero-order chi connectivity index (χ0) is 14.7. The number of aromatic nitrogens is 2. The number of imidazole rings is 1. The second-order valence-corrected chi connectivity index (χ2v) is 5.95. The van der Waals surface area contributed by atoms with Gasteiger partial charge in [-0.3, -0.25) is 0 Å². The number of halogens is 1. The largest absolute Gasteiger partial charge is 0.486 e. The smallest absolute Gasteiger partial charge is 0.138 e. The summed E-state index contributed by atoms with van der Waals surface area (Å²) in [6, 6.07) is 6.36. The van der Waals surface area contributed by atoms with Gasteiger partial charge in [-0.05, 0) is 37.5 Å². The molecule has 0 radical (unpaired) electrons. The molecule has 4 heteroatoms. The van der Waals surface area contributed by atoms with E-state index >= 15 is 0 Å². The van der Waals surface area contributed by atoms with Crippen LogP contribution in [0, 0.1) is 0 Å². The van der Waals surface area contributed by atoms with Crippen LogP contribution < -0.4 is 4.74 Å². The lowest BCUT2D eigenvalue weighted by Crippen LogP contribution is -1.98. The van der Waals surface area contributed by atoms with E-state index in [4.69, 9.17) is 16.3 Å². The van der Waals surface area contributed by atoms with Gasteiger partial charge >= 0.3 is 0 Å². The first-order valence-corrected chi connectivity index (χ1v) is 7.29. The van der Waals surface area contributed by atoms with E-state index in [1.165, 1.54) is 5.56 Å². The Labute approximate surface area is 125 Å². The Morgan fingerprint density at radius 3 is 2.55 bits per heavy atom. The van der Waals surface area contributed by atoms with Gasteiger partial charge in [0.1, 0.15) is 12.4 Å². The van der Waals surface area contributed by atoms with Gasteiger partial charge in [0, 0.05) is 12.2 Å². The molecule has 0 aliphatic rings. The van der Waals surface area contributed by atoms with Crippen LogP contribution in [0.25, 0.3) is 0 Å². The molecule has 0 atom stereocenters. The van der Waals surface area contributed by atoms with Crippen molar-refractivity contribution in [3.05, 3.63) is 47.0 Å². The monoisotopic (exact) mass is 292 g/mol. The second kappa shape index (κ2) is 6.31. The highest BCUT2D eigenvalue weighted by Gasteiger charge is 2.07. The lowest BCUT2D eigenvalue weighted by atomic mass is 10.0. The van der Waals surface area contributed by atoms with Gasteiger partial charge in [0.05, 0.1) is 17.0 Å². The molecule has 0 saturated heterocycles. The highest BCUT2D eigenvalue weighted by Crippen LogP contribution is 2.29. The molecule has 1 aromatic heterocycles. The summed E-state index contributed by atoms with van der Waals surface area (Å²) in [5, 5.41) is 0.652. The summed E-state index contributed by atoms with van der Waals surface area (Å²) in [6.45, 7) is 8.96. The zero-order valence-corrected chi connectivity index (χ0v) is 13.2. The number of ether oxygens (including phenoxy) is 1. The van der Waals surface area contributed by atoms with E-state index in [-0.39, 0.29) is 0 Å². The van der Waals surface area contributed by atoms with Crippen molar-refractivity contribution in [3.63, 3.8) is 0 Å². The number of nitrogens with zero attached hydrogens (tertiary/aromatic N) is 2. The topological polar surface area (TPSA) is 27.1 Å². The van der Waals surface area contributed by atoms with Crippen LogP contribution in [0.15, 0.2) is 30.7 Å². The van der Waals surface area contributed by atoms with Crippen LogP contribution in [0.3, 0.4) is 0 Å². The summed E-state index contributed by atoms with van der Waals surface area (Å²) in [7, 11) is 0. The molecule has 0 amide bonds. The molecule has 0 saturated carbocycles. The van der Waals surface area contributed by atoms with Gasteiger partial charge in [-0.1, -0.05) is 31.5 Å². The maximum Gasteiger partial charge on any atom is 0.138 e. The van der Waals surface area contributed by atoms with Crippen LogP contribution in [0.2, 0.25) is 5.02 Å². The molecule has 108 valence electrons. The van der Waals surface area contributed by atoms with E-state index in [1.54, 1.807) is 0 Å². The van der Waals surface area contributed by atoms with Crippen LogP contribution >= 0.6 is 11.6 Å². The average Bonchev–Trinajstić information content (AvgIpc) is 2.86. The van der Waals surface area contributed by atoms with E-state index < -0.39 is 0 Å². The molecule has 0 bridgehead atoms. The van der Waals surface area contributed by atoms with Gasteiger partial charge < -0.3 is 9.30 Å². The third-order valence-corrected chi connectivity index (χ3v) is 3.54. The van der Waals surface area contributed by atoms with Crippen LogP contribution in [0.5, 0.6) is 5.75 Å². The Morgan fingerprint density at radius 2 is 2.00 bits per heavy atom. The molecular formula is C16H21ClN2O. The lowest BCUT2D eigenvalue weighted by molar-refractivity contribution is 0.302. The minimum Gasteiger partial charge on any atom is -0.486 e. The molecule has 3 nitrogen and oxygen atoms in total. The van der Waals surface area contributed by atoms with Crippen molar-refractivity contribution in [2.75, 3.05) is 0 Å². The summed E-state index contributed by atoms with van der Waals surface area (Å²) < 4.78 is 7.80. The quantitative estimate of drug-likeness (QED) is 0.790. The van der Waals surface area contributed by atoms with E-state index in [2.05, 4.69) is 43.3 Å². The first-order valence-electron chi connectivity index (χ1n) is 6.92. The van der Waals surface area contributed by atoms with Gasteiger partial charge in [-0.25, -0.2) is 4.98 Å². The minimum absolute atomic E-state index is 0.408. The van der Waals surface area contributed by atoms with E-state index in [0.29, 0.717) is 29.3 Å². The van der Waals surface area contributed by atoms with Crippen molar-refractivity contribution in [2.45, 2.75) is 46.3 Å². The third kappa shape index (κ3) is 3.54. The summed E-state index contributed by atoms with van der Waals surface area (Å²) in [4.78, 5) is 4.32. The fourth-order valence-electron chi connectivity index (χ4n) is 1.88. The molecular weight excluding hydrogens is 272 g/mol. The molecule has 0 aliphatic carbocycles. The normalized spacial score (nSPS) is 11.3. The predicted molar refractivity (Wildman–Crippen MR) is 82.5 cm³/mol. The van der Waals surface area contributed by atoms with Crippen molar-refractivity contribution < 1.29 is 4.74 Å². The van der Waals surface area contributed by atoms with E-state index in [1.807, 2.05) is 24.7 Å². The highest BCUT2D eigenvalue weighted by molar-refractivity contribution is 6.32. The SMILES string of the molecule is CC(C)c1ccc(OCc2cn(C(C)C)cn2)c(Cl)c1. The lowest BCUT2D eigenvalue weighted by Gasteiger charge is -2.10. The standard InChI is InChI=1S/C16H21ClN2O/c1-11(2)13-5-6-16(15(17)7-13)20-9-14-8-19(10-18-14)12(3)4/h5-8,10-12H,9H2,1-4H3. The zero-order valence-electron chi connectivity index (χ0n) is 12.4. The van der Waals surface area contributed by atoms with Crippen molar-refractivity contribution in [1.29, 1.82) is 0 Å². The predicted octanol–water partition coefficient (Wildman–Crippen LogP) is 4.82. The Morgan fingerprint density at radius 1 is 1.25 bits per heavy atom. The summed E-state index contributed by atoms with van der Waals surface area (Å²) in [5.41, 5.74) is 2.12. The van der Waals surface area contributed by atoms with E-state index in [0.717, 1.165) is 5.69 Å². The summed E-state index contributed by atoms with van der Waals surface area (Å²) in [6.07, 6.45) is 3.83. The fourth-order valence-corrected chi connectivity index (χ4v) is 2.13. The number of hydrogen-bond acceptors (Lipinski definition) is 2. The average molecular weight is 293 g/mol. The Hall–Kier alpha value is -1.48. The van der Waals surface area contributed by atoms with Crippen LogP contribution in [0.1, 0.15) is 50.9 Å². The molecule has 0 fully saturated rings. The van der Waals surface area contributed by atoms with Crippen molar-refractivity contribution in [3.8, 4) is 5.75 Å². The second-order valence-electron chi connectivity index (χ2n) is 5.54. The van der Waals surface area contributed by atoms with Gasteiger partial charge in [-0.15, -0.1) is 0 Å². The van der Waals surface area contributed by atoms with Gasteiger partial charge in [-0.2, -0.15) is 0 Å². The first kappa shape index (κ1) is 14.9. The fraction of sp³-hybridized carbons (Fsp3) is 0.438. The van der Waals surface area contributed by atoms with Gasteiger partial charge in [0.15, 0.2) is 0 Å². The molecule has 2 rings (SSSR count). The highest BCUT2D eigenvalue weighted by atomic mass is 35.5. The van der Waals surface area contributed by atoms with Crippen LogP contribution in [-0.4, -0.2) is 9.55 Å². The van der Waals surface area contributed by atoms with Crippen molar-refractivity contribution in [2.24, 2.45) is 0 Å². The van der Waals surface area contributed by atoms with Gasteiger partial charge in [0.2, 0.25) is 0 Å². The molecule has 2 aromatic rings. The van der Waals surface area contributed by atoms with Crippen molar-refractivity contribution >= 4 is 11.6 Å². The van der Waals surface area contributed by atoms with Gasteiger partial charge in [0.25, 0.3) is 0 Å². The minimum atomic E-state index is 0.408. The number of benzene rings is 1. The maximum atomic E-state index is 6.24. The molecule has 0 spiro atoms. The Bertz CT molecular complexity index is 576. The van der Waals surface area contributed by atoms with Crippen molar-refractivity contribution in [1.82, 2.24) is 9.55 Å². The maximum absolute atomic E-state index is 6.24. The first-order chi connectivity index (χ1) is 9.47. The number of hydrogen-bond donors (Lipinski definition) is 0. The Kier molecular flexibility index (Phi) is 4.71. The molecule has 1 aromatic carbocycles. The van der Waals surface area contributed by atoms with E-state index in [9.17, 15) is 0 Å². The third-order valence-electron chi connectivity index (χ3n) is 3.25. The molecule has 1 heterocycles. The van der Waals surface area contributed by atoms with Crippen LogP contribution in [0.4, 0.5) is 0 Å². The molecule has 0 aliphatic heterocycles. The summed E-state index contributed by atoms with van der Waals surface area (Å²) >= 11 is 6.24. The summed E-state index contributed by atoms with van der Waals surface area (Å²) in [5.74, 6) is 1.17.